The number of benzene rings is 1. The zero-order valence-electron chi connectivity index (χ0n) is 13.5. The summed E-state index contributed by atoms with van der Waals surface area (Å²) in [5, 5.41) is 6.47. The van der Waals surface area contributed by atoms with Crippen LogP contribution in [0.25, 0.3) is 0 Å². The highest BCUT2D eigenvalue weighted by Gasteiger charge is 2.39. The highest BCUT2D eigenvalue weighted by molar-refractivity contribution is 5.96. The first-order chi connectivity index (χ1) is 9.98. The number of ether oxygens (including phenoxy) is 1. The molecule has 1 fully saturated rings. The molecule has 2 rings (SSSR count). The van der Waals surface area contributed by atoms with E-state index in [2.05, 4.69) is 29.7 Å². The Morgan fingerprint density at radius 1 is 1.24 bits per heavy atom. The minimum atomic E-state index is -0.413. The Labute approximate surface area is 127 Å². The number of rotatable bonds is 4. The molecule has 1 aromatic carbocycles. The Morgan fingerprint density at radius 2 is 1.81 bits per heavy atom. The van der Waals surface area contributed by atoms with Crippen LogP contribution in [0, 0.1) is 26.2 Å². The van der Waals surface area contributed by atoms with E-state index in [1.807, 2.05) is 13.8 Å². The average Bonchev–Trinajstić information content (AvgIpc) is 2.44. The van der Waals surface area contributed by atoms with Crippen LogP contribution in [0.3, 0.4) is 0 Å². The summed E-state index contributed by atoms with van der Waals surface area (Å²) < 4.78 is 5.33. The quantitative estimate of drug-likeness (QED) is 0.896. The third-order valence-electron chi connectivity index (χ3n) is 4.38. The van der Waals surface area contributed by atoms with Gasteiger partial charge in [0.1, 0.15) is 0 Å². The number of hydrogen-bond donors (Lipinski definition) is 2. The average molecular weight is 290 g/mol. The number of aryl methyl sites for hydroxylation is 3. The molecule has 2 N–H and O–H groups in total. The Hall–Kier alpha value is -1.39. The molecule has 4 heteroatoms. The van der Waals surface area contributed by atoms with Crippen molar-refractivity contribution in [3.8, 4) is 0 Å². The van der Waals surface area contributed by atoms with E-state index in [-0.39, 0.29) is 5.91 Å². The predicted octanol–water partition coefficient (Wildman–Crippen LogP) is 2.57. The molecule has 1 aliphatic rings. The fourth-order valence-corrected chi connectivity index (χ4v) is 3.24. The van der Waals surface area contributed by atoms with Crippen molar-refractivity contribution in [2.75, 3.05) is 32.1 Å². The van der Waals surface area contributed by atoms with Gasteiger partial charge >= 0.3 is 0 Å². The van der Waals surface area contributed by atoms with Crippen LogP contribution in [0.1, 0.15) is 29.5 Å². The molecule has 1 aliphatic heterocycles. The van der Waals surface area contributed by atoms with Gasteiger partial charge < -0.3 is 15.4 Å². The maximum absolute atomic E-state index is 12.8. The first kappa shape index (κ1) is 16.0. The Morgan fingerprint density at radius 3 is 2.33 bits per heavy atom. The van der Waals surface area contributed by atoms with E-state index >= 15 is 0 Å². The normalized spacial score (nSPS) is 17.5. The van der Waals surface area contributed by atoms with Crippen molar-refractivity contribution in [2.45, 2.75) is 33.6 Å². The molecule has 4 nitrogen and oxygen atoms in total. The second-order valence-corrected chi connectivity index (χ2v) is 6.19. The maximum atomic E-state index is 12.8. The molecule has 0 unspecified atom stereocenters. The van der Waals surface area contributed by atoms with Gasteiger partial charge in [-0.2, -0.15) is 0 Å². The lowest BCUT2D eigenvalue weighted by Gasteiger charge is -2.35. The van der Waals surface area contributed by atoms with Gasteiger partial charge in [0, 0.05) is 12.8 Å². The molecule has 1 amide bonds. The van der Waals surface area contributed by atoms with Crippen LogP contribution >= 0.6 is 0 Å². The minimum absolute atomic E-state index is 0.0842. The number of carbonyl (C=O) groups excluding carboxylic acids is 1. The molecule has 0 radical (unpaired) electrons. The third-order valence-corrected chi connectivity index (χ3v) is 4.38. The fraction of sp³-hybridized carbons (Fsp3) is 0.588. The van der Waals surface area contributed by atoms with Crippen molar-refractivity contribution < 1.29 is 9.53 Å². The molecule has 0 bridgehead atoms. The number of carbonyl (C=O) groups is 1. The first-order valence-corrected chi connectivity index (χ1v) is 7.57. The van der Waals surface area contributed by atoms with Crippen LogP contribution in [0.15, 0.2) is 12.1 Å². The standard InChI is InChI=1S/C17H26N2O2/c1-12-9-13(2)15(14(3)10-12)19-16(20)17(11-21-4)5-7-18-8-6-17/h9-10,18H,5-8,11H2,1-4H3,(H,19,20). The molecule has 0 atom stereocenters. The van der Waals surface area contributed by atoms with E-state index in [9.17, 15) is 4.79 Å². The molecule has 0 saturated carbocycles. The zero-order chi connectivity index (χ0) is 15.5. The van der Waals surface area contributed by atoms with Crippen molar-refractivity contribution in [2.24, 2.45) is 5.41 Å². The molecular weight excluding hydrogens is 264 g/mol. The van der Waals surface area contributed by atoms with Crippen LogP contribution in [-0.4, -0.2) is 32.7 Å². The second-order valence-electron chi connectivity index (χ2n) is 6.19. The largest absolute Gasteiger partial charge is 0.384 e. The summed E-state index contributed by atoms with van der Waals surface area (Å²) in [5.74, 6) is 0.0842. The van der Waals surface area contributed by atoms with E-state index < -0.39 is 5.41 Å². The van der Waals surface area contributed by atoms with Crippen LogP contribution in [-0.2, 0) is 9.53 Å². The summed E-state index contributed by atoms with van der Waals surface area (Å²) in [7, 11) is 1.67. The van der Waals surface area contributed by atoms with Crippen LogP contribution < -0.4 is 10.6 Å². The number of piperidine rings is 1. The Bertz CT molecular complexity index is 491. The zero-order valence-corrected chi connectivity index (χ0v) is 13.5. The summed E-state index contributed by atoms with van der Waals surface area (Å²) in [5.41, 5.74) is 3.98. The van der Waals surface area contributed by atoms with E-state index in [0.29, 0.717) is 6.61 Å². The first-order valence-electron chi connectivity index (χ1n) is 7.57. The Kier molecular flexibility index (Phi) is 5.01. The summed E-state index contributed by atoms with van der Waals surface area (Å²) in [6.45, 7) is 8.36. The van der Waals surface area contributed by atoms with Crippen molar-refractivity contribution in [3.63, 3.8) is 0 Å². The summed E-state index contributed by atoms with van der Waals surface area (Å²) in [6.07, 6.45) is 1.63. The Balaban J connectivity index is 2.23. The van der Waals surface area contributed by atoms with Gasteiger partial charge in [0.05, 0.1) is 12.0 Å². The van der Waals surface area contributed by atoms with Crippen LogP contribution in [0.4, 0.5) is 5.69 Å². The molecular formula is C17H26N2O2. The van der Waals surface area contributed by atoms with Crippen molar-refractivity contribution >= 4 is 11.6 Å². The van der Waals surface area contributed by atoms with Gasteiger partial charge in [-0.3, -0.25) is 4.79 Å². The van der Waals surface area contributed by atoms with Crippen molar-refractivity contribution in [1.82, 2.24) is 5.32 Å². The fourth-order valence-electron chi connectivity index (χ4n) is 3.24. The van der Waals surface area contributed by atoms with Gasteiger partial charge in [-0.15, -0.1) is 0 Å². The van der Waals surface area contributed by atoms with E-state index in [4.69, 9.17) is 4.74 Å². The lowest BCUT2D eigenvalue weighted by atomic mass is 9.78. The van der Waals surface area contributed by atoms with E-state index in [0.717, 1.165) is 42.7 Å². The number of hydrogen-bond acceptors (Lipinski definition) is 3. The summed E-state index contributed by atoms with van der Waals surface area (Å²) >= 11 is 0. The molecule has 21 heavy (non-hydrogen) atoms. The van der Waals surface area contributed by atoms with Crippen LogP contribution in [0.5, 0.6) is 0 Å². The van der Waals surface area contributed by atoms with Gasteiger partial charge in [0.25, 0.3) is 0 Å². The van der Waals surface area contributed by atoms with Gasteiger partial charge in [-0.1, -0.05) is 17.7 Å². The van der Waals surface area contributed by atoms with Crippen molar-refractivity contribution in [3.05, 3.63) is 28.8 Å². The molecule has 0 spiro atoms. The molecule has 1 heterocycles. The predicted molar refractivity (Wildman–Crippen MR) is 85.7 cm³/mol. The van der Waals surface area contributed by atoms with Gasteiger partial charge in [0.15, 0.2) is 0 Å². The van der Waals surface area contributed by atoms with Crippen LogP contribution in [0.2, 0.25) is 0 Å². The maximum Gasteiger partial charge on any atom is 0.233 e. The number of nitrogens with one attached hydrogen (secondary N) is 2. The van der Waals surface area contributed by atoms with Gasteiger partial charge in [-0.25, -0.2) is 0 Å². The summed E-state index contributed by atoms with van der Waals surface area (Å²) in [4.78, 5) is 12.8. The molecule has 0 aliphatic carbocycles. The number of methoxy groups -OCH3 is 1. The highest BCUT2D eigenvalue weighted by atomic mass is 16.5. The lowest BCUT2D eigenvalue weighted by molar-refractivity contribution is -0.130. The monoisotopic (exact) mass is 290 g/mol. The van der Waals surface area contributed by atoms with Gasteiger partial charge in [-0.05, 0) is 57.8 Å². The van der Waals surface area contributed by atoms with Crippen molar-refractivity contribution in [1.29, 1.82) is 0 Å². The van der Waals surface area contributed by atoms with E-state index in [1.165, 1.54) is 5.56 Å². The topological polar surface area (TPSA) is 50.4 Å². The summed E-state index contributed by atoms with van der Waals surface area (Å²) in [6, 6.07) is 4.21. The van der Waals surface area contributed by atoms with E-state index in [1.54, 1.807) is 7.11 Å². The SMILES string of the molecule is COCC1(C(=O)Nc2c(C)cc(C)cc2C)CCNCC1. The number of anilines is 1. The second kappa shape index (κ2) is 6.58. The third kappa shape index (κ3) is 3.44. The molecule has 1 aromatic rings. The highest BCUT2D eigenvalue weighted by Crippen LogP contribution is 2.32. The smallest absolute Gasteiger partial charge is 0.233 e. The molecule has 0 aromatic heterocycles. The lowest BCUT2D eigenvalue weighted by Crippen LogP contribution is -2.47. The molecule has 116 valence electrons. The van der Waals surface area contributed by atoms with Gasteiger partial charge in [0.2, 0.25) is 5.91 Å². The molecule has 1 saturated heterocycles. The number of amides is 1. The minimum Gasteiger partial charge on any atom is -0.384 e.